The maximum Gasteiger partial charge on any atom is 0.253 e. The molecule has 2 rings (SSSR count). The zero-order valence-electron chi connectivity index (χ0n) is 12.1. The summed E-state index contributed by atoms with van der Waals surface area (Å²) in [6.45, 7) is 6.17. The quantitative estimate of drug-likeness (QED) is 0.830. The van der Waals surface area contributed by atoms with Crippen LogP contribution in [0.1, 0.15) is 35.2 Å². The van der Waals surface area contributed by atoms with Crippen LogP contribution < -0.4 is 0 Å². The third kappa shape index (κ3) is 3.80. The Labute approximate surface area is 116 Å². The molecule has 0 bridgehead atoms. The summed E-state index contributed by atoms with van der Waals surface area (Å²) in [6, 6.07) is 7.80. The van der Waals surface area contributed by atoms with Crippen molar-refractivity contribution >= 4 is 5.91 Å². The van der Waals surface area contributed by atoms with Crippen LogP contribution >= 0.6 is 0 Å². The molecule has 0 aromatic heterocycles. The normalized spacial score (nSPS) is 16.3. The van der Waals surface area contributed by atoms with Gasteiger partial charge in [-0.15, -0.1) is 0 Å². The molecule has 0 atom stereocenters. The molecule has 0 unspecified atom stereocenters. The molecule has 1 aliphatic heterocycles. The van der Waals surface area contributed by atoms with Crippen molar-refractivity contribution in [2.45, 2.75) is 26.2 Å². The summed E-state index contributed by atoms with van der Waals surface area (Å²) in [5.41, 5.74) is 1.88. The lowest BCUT2D eigenvalue weighted by atomic mass is 10.1. The molecule has 3 nitrogen and oxygen atoms in total. The van der Waals surface area contributed by atoms with Gasteiger partial charge in [0.1, 0.15) is 0 Å². The van der Waals surface area contributed by atoms with Crippen LogP contribution in [0.5, 0.6) is 0 Å². The van der Waals surface area contributed by atoms with Crippen LogP contribution in [0.4, 0.5) is 0 Å². The predicted molar refractivity (Wildman–Crippen MR) is 78.4 cm³/mol. The van der Waals surface area contributed by atoms with Gasteiger partial charge in [0.15, 0.2) is 0 Å². The van der Waals surface area contributed by atoms with Gasteiger partial charge in [-0.05, 0) is 44.5 Å². The number of amides is 1. The minimum atomic E-state index is 0.134. The highest BCUT2D eigenvalue weighted by atomic mass is 16.2. The van der Waals surface area contributed by atoms with E-state index in [9.17, 15) is 4.79 Å². The second-order valence-electron chi connectivity index (χ2n) is 5.44. The summed E-state index contributed by atoms with van der Waals surface area (Å²) in [5, 5.41) is 0. The summed E-state index contributed by atoms with van der Waals surface area (Å²) in [5.74, 6) is 0.134. The zero-order valence-corrected chi connectivity index (χ0v) is 12.1. The van der Waals surface area contributed by atoms with Crippen molar-refractivity contribution in [2.24, 2.45) is 0 Å². The predicted octanol–water partition coefficient (Wildman–Crippen LogP) is 2.55. The van der Waals surface area contributed by atoms with Crippen molar-refractivity contribution in [1.82, 2.24) is 9.80 Å². The Kier molecular flexibility index (Phi) is 4.97. The van der Waals surface area contributed by atoms with Gasteiger partial charge in [0, 0.05) is 25.7 Å². The third-order valence-corrected chi connectivity index (χ3v) is 3.92. The second-order valence-corrected chi connectivity index (χ2v) is 5.44. The van der Waals surface area contributed by atoms with Gasteiger partial charge >= 0.3 is 0 Å². The summed E-state index contributed by atoms with van der Waals surface area (Å²) < 4.78 is 0. The fourth-order valence-corrected chi connectivity index (χ4v) is 2.59. The fraction of sp³-hybridized carbons (Fsp3) is 0.562. The highest BCUT2D eigenvalue weighted by Gasteiger charge is 2.15. The molecule has 0 N–H and O–H groups in total. The summed E-state index contributed by atoms with van der Waals surface area (Å²) in [6.07, 6.45) is 3.96. The van der Waals surface area contributed by atoms with Crippen LogP contribution in [0.3, 0.4) is 0 Å². The van der Waals surface area contributed by atoms with Gasteiger partial charge in [-0.1, -0.05) is 24.6 Å². The molecule has 1 heterocycles. The van der Waals surface area contributed by atoms with E-state index in [2.05, 4.69) is 4.90 Å². The number of likely N-dealkylation sites (N-methyl/N-ethyl adjacent to an activating group) is 1. The largest absolute Gasteiger partial charge is 0.340 e. The number of carbonyl (C=O) groups excluding carboxylic acids is 1. The molecular formula is C16H24N2O. The number of hydrogen-bond acceptors (Lipinski definition) is 2. The molecule has 0 spiro atoms. The van der Waals surface area contributed by atoms with E-state index in [0.29, 0.717) is 0 Å². The number of carbonyl (C=O) groups is 1. The van der Waals surface area contributed by atoms with Crippen LogP contribution in [-0.2, 0) is 0 Å². The Hall–Kier alpha value is -1.35. The van der Waals surface area contributed by atoms with Gasteiger partial charge in [-0.3, -0.25) is 4.79 Å². The van der Waals surface area contributed by atoms with Gasteiger partial charge in [0.2, 0.25) is 0 Å². The van der Waals surface area contributed by atoms with Crippen molar-refractivity contribution < 1.29 is 4.79 Å². The molecule has 0 radical (unpaired) electrons. The minimum Gasteiger partial charge on any atom is -0.340 e. The maximum atomic E-state index is 12.3. The van der Waals surface area contributed by atoms with E-state index in [4.69, 9.17) is 0 Å². The van der Waals surface area contributed by atoms with E-state index in [0.717, 1.165) is 24.2 Å². The Morgan fingerprint density at radius 1 is 1.21 bits per heavy atom. The van der Waals surface area contributed by atoms with Crippen molar-refractivity contribution in [3.63, 3.8) is 0 Å². The van der Waals surface area contributed by atoms with Gasteiger partial charge < -0.3 is 9.80 Å². The topological polar surface area (TPSA) is 23.6 Å². The number of nitrogens with zero attached hydrogens (tertiary/aromatic N) is 2. The van der Waals surface area contributed by atoms with E-state index in [1.807, 2.05) is 43.1 Å². The first kappa shape index (κ1) is 14.1. The molecule has 3 heteroatoms. The first-order valence-corrected chi connectivity index (χ1v) is 7.22. The minimum absolute atomic E-state index is 0.134. The van der Waals surface area contributed by atoms with Crippen molar-refractivity contribution in [2.75, 3.05) is 33.2 Å². The lowest BCUT2D eigenvalue weighted by Crippen LogP contribution is -2.38. The smallest absolute Gasteiger partial charge is 0.253 e. The monoisotopic (exact) mass is 260 g/mol. The van der Waals surface area contributed by atoms with Crippen LogP contribution in [-0.4, -0.2) is 48.9 Å². The van der Waals surface area contributed by atoms with Crippen LogP contribution in [0.25, 0.3) is 0 Å². The van der Waals surface area contributed by atoms with E-state index in [-0.39, 0.29) is 5.91 Å². The van der Waals surface area contributed by atoms with Crippen molar-refractivity contribution in [1.29, 1.82) is 0 Å². The molecule has 1 amide bonds. The average molecular weight is 260 g/mol. The van der Waals surface area contributed by atoms with Crippen LogP contribution in [0.15, 0.2) is 24.3 Å². The molecule has 1 aromatic carbocycles. The number of aryl methyl sites for hydroxylation is 1. The Bertz CT molecular complexity index is 425. The lowest BCUT2D eigenvalue weighted by Gasteiger charge is -2.28. The highest BCUT2D eigenvalue weighted by Crippen LogP contribution is 2.11. The van der Waals surface area contributed by atoms with E-state index in [1.54, 1.807) is 0 Å². The van der Waals surface area contributed by atoms with E-state index < -0.39 is 0 Å². The Morgan fingerprint density at radius 2 is 1.89 bits per heavy atom. The first-order chi connectivity index (χ1) is 9.18. The van der Waals surface area contributed by atoms with E-state index >= 15 is 0 Å². The van der Waals surface area contributed by atoms with Crippen LogP contribution in [0.2, 0.25) is 0 Å². The summed E-state index contributed by atoms with van der Waals surface area (Å²) >= 11 is 0. The standard InChI is InChI=1S/C16H24N2O/c1-14-8-4-5-9-15(14)16(19)17(2)12-13-18-10-6-3-7-11-18/h4-5,8-9H,3,6-7,10-13H2,1-2H3. The number of rotatable bonds is 4. The SMILES string of the molecule is Cc1ccccc1C(=O)N(C)CCN1CCCCC1. The number of piperidine rings is 1. The highest BCUT2D eigenvalue weighted by molar-refractivity contribution is 5.95. The second kappa shape index (κ2) is 6.71. The van der Waals surface area contributed by atoms with Gasteiger partial charge in [0.25, 0.3) is 5.91 Å². The number of hydrogen-bond donors (Lipinski definition) is 0. The first-order valence-electron chi connectivity index (χ1n) is 7.22. The maximum absolute atomic E-state index is 12.3. The molecule has 1 aromatic rings. The van der Waals surface area contributed by atoms with Gasteiger partial charge in [0.05, 0.1) is 0 Å². The molecule has 1 fully saturated rings. The Morgan fingerprint density at radius 3 is 2.58 bits per heavy atom. The van der Waals surface area contributed by atoms with Crippen LogP contribution in [0, 0.1) is 6.92 Å². The zero-order chi connectivity index (χ0) is 13.7. The van der Waals surface area contributed by atoms with Gasteiger partial charge in [-0.2, -0.15) is 0 Å². The fourth-order valence-electron chi connectivity index (χ4n) is 2.59. The lowest BCUT2D eigenvalue weighted by molar-refractivity contribution is 0.0772. The summed E-state index contributed by atoms with van der Waals surface area (Å²) in [4.78, 5) is 16.7. The number of likely N-dealkylation sites (tertiary alicyclic amines) is 1. The van der Waals surface area contributed by atoms with Gasteiger partial charge in [-0.25, -0.2) is 0 Å². The molecular weight excluding hydrogens is 236 g/mol. The Balaban J connectivity index is 1.87. The number of benzene rings is 1. The molecule has 1 aliphatic rings. The van der Waals surface area contributed by atoms with Crippen molar-refractivity contribution in [3.05, 3.63) is 35.4 Å². The molecule has 104 valence electrons. The average Bonchev–Trinajstić information content (AvgIpc) is 2.45. The molecule has 0 aliphatic carbocycles. The summed E-state index contributed by atoms with van der Waals surface area (Å²) in [7, 11) is 1.90. The molecule has 1 saturated heterocycles. The van der Waals surface area contributed by atoms with Crippen molar-refractivity contribution in [3.8, 4) is 0 Å². The third-order valence-electron chi connectivity index (χ3n) is 3.92. The molecule has 0 saturated carbocycles. The van der Waals surface area contributed by atoms with E-state index in [1.165, 1.54) is 32.4 Å². The molecule has 19 heavy (non-hydrogen) atoms.